The minimum Gasteiger partial charge on any atom is -0.872 e. The first-order chi connectivity index (χ1) is 11.9. The van der Waals surface area contributed by atoms with Crippen LogP contribution in [0.4, 0.5) is 5.69 Å². The Morgan fingerprint density at radius 3 is 2.64 bits per heavy atom. The zero-order chi connectivity index (χ0) is 18.4. The molecule has 0 fully saturated rings. The van der Waals surface area contributed by atoms with Crippen LogP contribution < -0.4 is 15.3 Å². The highest BCUT2D eigenvalue weighted by atomic mass is 35.5. The molecule has 2 N–H and O–H groups in total. The molecule has 2 aromatic rings. The SMILES string of the molecule is C[NH+](CC(=O)NCc1cc([N+](=O)[O-])ccc1[O-])Cc1ccccc1Cl. The van der Waals surface area contributed by atoms with Gasteiger partial charge in [0, 0.05) is 29.3 Å². The normalized spacial score (nSPS) is 11.8. The van der Waals surface area contributed by atoms with Gasteiger partial charge in [0.1, 0.15) is 6.54 Å². The third kappa shape index (κ3) is 5.44. The molecule has 0 aliphatic carbocycles. The van der Waals surface area contributed by atoms with Crippen LogP contribution in [0.2, 0.25) is 5.02 Å². The highest BCUT2D eigenvalue weighted by Crippen LogP contribution is 2.20. The maximum atomic E-state index is 12.0. The first-order valence-electron chi connectivity index (χ1n) is 7.62. The minimum atomic E-state index is -0.577. The summed E-state index contributed by atoms with van der Waals surface area (Å²) < 4.78 is 0. The number of carbonyl (C=O) groups is 1. The lowest BCUT2D eigenvalue weighted by molar-refractivity contribution is -0.885. The van der Waals surface area contributed by atoms with E-state index in [0.717, 1.165) is 22.6 Å². The van der Waals surface area contributed by atoms with E-state index in [1.54, 1.807) is 6.07 Å². The Balaban J connectivity index is 1.89. The Bertz CT molecular complexity index is 782. The Labute approximate surface area is 150 Å². The molecule has 1 atom stereocenters. The van der Waals surface area contributed by atoms with E-state index < -0.39 is 4.92 Å². The fourth-order valence-electron chi connectivity index (χ4n) is 2.38. The maximum Gasteiger partial charge on any atom is 0.275 e. The molecule has 1 unspecified atom stereocenters. The van der Waals surface area contributed by atoms with Gasteiger partial charge in [0.15, 0.2) is 6.54 Å². The van der Waals surface area contributed by atoms with Gasteiger partial charge in [-0.25, -0.2) is 0 Å². The molecule has 0 saturated carbocycles. The average Bonchev–Trinajstić information content (AvgIpc) is 2.56. The number of hydrogen-bond donors (Lipinski definition) is 2. The van der Waals surface area contributed by atoms with Crippen LogP contribution in [0.5, 0.6) is 5.75 Å². The number of benzene rings is 2. The number of halogens is 1. The highest BCUT2D eigenvalue weighted by molar-refractivity contribution is 6.31. The number of nitro groups is 1. The summed E-state index contributed by atoms with van der Waals surface area (Å²) in [5.41, 5.74) is 0.951. The molecular weight excluding hydrogens is 346 g/mol. The van der Waals surface area contributed by atoms with Crippen LogP contribution >= 0.6 is 11.6 Å². The number of hydrogen-bond acceptors (Lipinski definition) is 4. The van der Waals surface area contributed by atoms with Crippen molar-refractivity contribution in [3.63, 3.8) is 0 Å². The zero-order valence-corrected chi connectivity index (χ0v) is 14.4. The van der Waals surface area contributed by atoms with Crippen molar-refractivity contribution in [2.45, 2.75) is 13.1 Å². The second kappa shape index (κ2) is 8.46. The summed E-state index contributed by atoms with van der Waals surface area (Å²) in [6.45, 7) is 0.726. The number of nitrogens with one attached hydrogen (secondary N) is 2. The molecule has 8 heteroatoms. The Morgan fingerprint density at radius 1 is 1.24 bits per heavy atom. The third-order valence-electron chi connectivity index (χ3n) is 3.64. The summed E-state index contributed by atoms with van der Waals surface area (Å²) in [6, 6.07) is 10.9. The zero-order valence-electron chi connectivity index (χ0n) is 13.6. The van der Waals surface area contributed by atoms with Gasteiger partial charge in [-0.05, 0) is 11.6 Å². The fourth-order valence-corrected chi connectivity index (χ4v) is 2.58. The summed E-state index contributed by atoms with van der Waals surface area (Å²) in [7, 11) is 1.86. The van der Waals surface area contributed by atoms with E-state index in [0.29, 0.717) is 11.6 Å². The first kappa shape index (κ1) is 18.7. The number of nitrogens with zero attached hydrogens (tertiary/aromatic N) is 1. The van der Waals surface area contributed by atoms with Crippen LogP contribution in [-0.2, 0) is 17.9 Å². The molecule has 25 heavy (non-hydrogen) atoms. The molecule has 132 valence electrons. The van der Waals surface area contributed by atoms with Crippen molar-refractivity contribution in [2.24, 2.45) is 0 Å². The van der Waals surface area contributed by atoms with Crippen molar-refractivity contribution < 1.29 is 19.7 Å². The molecule has 0 radical (unpaired) electrons. The van der Waals surface area contributed by atoms with E-state index in [-0.39, 0.29) is 36.0 Å². The fraction of sp³-hybridized carbons (Fsp3) is 0.235. The molecule has 1 amide bonds. The molecular formula is C17H18ClN3O4. The van der Waals surface area contributed by atoms with E-state index in [2.05, 4.69) is 5.32 Å². The van der Waals surface area contributed by atoms with E-state index in [4.69, 9.17) is 11.6 Å². The Hall–Kier alpha value is -2.64. The summed E-state index contributed by atoms with van der Waals surface area (Å²) in [5.74, 6) is -0.599. The second-order valence-electron chi connectivity index (χ2n) is 5.73. The molecule has 0 aliphatic heterocycles. The highest BCUT2D eigenvalue weighted by Gasteiger charge is 2.13. The predicted molar refractivity (Wildman–Crippen MR) is 91.3 cm³/mol. The number of carbonyl (C=O) groups excluding carboxylic acids is 1. The molecule has 2 aromatic carbocycles. The molecule has 0 heterocycles. The van der Waals surface area contributed by atoms with Gasteiger partial charge in [-0.3, -0.25) is 14.9 Å². The first-order valence-corrected chi connectivity index (χ1v) is 8.00. The quantitative estimate of drug-likeness (QED) is 0.557. The van der Waals surface area contributed by atoms with Crippen molar-refractivity contribution >= 4 is 23.2 Å². The summed E-state index contributed by atoms with van der Waals surface area (Å²) in [5, 5.41) is 25.7. The lowest BCUT2D eigenvalue weighted by Gasteiger charge is -2.16. The number of quaternary nitrogens is 1. The summed E-state index contributed by atoms with van der Waals surface area (Å²) in [6.07, 6.45) is 0. The molecule has 0 saturated heterocycles. The monoisotopic (exact) mass is 363 g/mol. The van der Waals surface area contributed by atoms with Gasteiger partial charge in [-0.2, -0.15) is 0 Å². The molecule has 0 bridgehead atoms. The van der Waals surface area contributed by atoms with E-state index in [1.807, 2.05) is 25.2 Å². The van der Waals surface area contributed by atoms with E-state index in [1.165, 1.54) is 6.07 Å². The number of nitro benzene ring substituents is 1. The number of rotatable bonds is 7. The van der Waals surface area contributed by atoms with Gasteiger partial charge in [-0.1, -0.05) is 35.9 Å². The van der Waals surface area contributed by atoms with Crippen LogP contribution in [0.3, 0.4) is 0 Å². The molecule has 0 aliphatic rings. The maximum absolute atomic E-state index is 12.0. The number of amides is 1. The molecule has 2 rings (SSSR count). The number of likely N-dealkylation sites (N-methyl/N-ethyl adjacent to an activating group) is 1. The molecule has 0 aromatic heterocycles. The van der Waals surface area contributed by atoms with E-state index in [9.17, 15) is 20.0 Å². The van der Waals surface area contributed by atoms with Crippen LogP contribution in [0, 0.1) is 10.1 Å². The van der Waals surface area contributed by atoms with E-state index >= 15 is 0 Å². The van der Waals surface area contributed by atoms with Crippen molar-refractivity contribution in [2.75, 3.05) is 13.6 Å². The van der Waals surface area contributed by atoms with Crippen molar-refractivity contribution in [3.05, 3.63) is 68.7 Å². The van der Waals surface area contributed by atoms with Gasteiger partial charge in [-0.15, -0.1) is 5.75 Å². The largest absolute Gasteiger partial charge is 0.872 e. The molecule has 7 nitrogen and oxygen atoms in total. The van der Waals surface area contributed by atoms with Crippen molar-refractivity contribution in [1.82, 2.24) is 5.32 Å². The van der Waals surface area contributed by atoms with Crippen molar-refractivity contribution in [3.8, 4) is 5.75 Å². The van der Waals surface area contributed by atoms with Gasteiger partial charge in [0.2, 0.25) is 0 Å². The van der Waals surface area contributed by atoms with Crippen LogP contribution in [0.1, 0.15) is 11.1 Å². The lowest BCUT2D eigenvalue weighted by atomic mass is 10.1. The van der Waals surface area contributed by atoms with Gasteiger partial charge < -0.3 is 15.3 Å². The summed E-state index contributed by atoms with van der Waals surface area (Å²) in [4.78, 5) is 23.1. The van der Waals surface area contributed by atoms with Gasteiger partial charge in [0.05, 0.1) is 12.0 Å². The molecule has 0 spiro atoms. The Kier molecular flexibility index (Phi) is 6.32. The van der Waals surface area contributed by atoms with Crippen LogP contribution in [0.15, 0.2) is 42.5 Å². The van der Waals surface area contributed by atoms with Crippen molar-refractivity contribution in [1.29, 1.82) is 0 Å². The lowest BCUT2D eigenvalue weighted by Crippen LogP contribution is -3.08. The standard InChI is InChI=1S/C17H18ClN3O4/c1-20(10-12-4-2-3-5-15(12)18)11-17(23)19-9-13-8-14(21(24)25)6-7-16(13)22/h2-8,22H,9-11H2,1H3,(H,19,23). The third-order valence-corrected chi connectivity index (χ3v) is 4.01. The van der Waals surface area contributed by atoms with Crippen LogP contribution in [-0.4, -0.2) is 24.4 Å². The smallest absolute Gasteiger partial charge is 0.275 e. The van der Waals surface area contributed by atoms with Gasteiger partial charge >= 0.3 is 0 Å². The second-order valence-corrected chi connectivity index (χ2v) is 6.14. The average molecular weight is 364 g/mol. The van der Waals surface area contributed by atoms with Gasteiger partial charge in [0.25, 0.3) is 11.6 Å². The predicted octanol–water partition coefficient (Wildman–Crippen LogP) is 0.653. The number of non-ortho nitro benzene ring substituents is 1. The Morgan fingerprint density at radius 2 is 1.96 bits per heavy atom. The summed E-state index contributed by atoms with van der Waals surface area (Å²) >= 11 is 6.10. The van der Waals surface area contributed by atoms with Crippen LogP contribution in [0.25, 0.3) is 0 Å². The topological polar surface area (TPSA) is 99.7 Å². The minimum absolute atomic E-state index is 0.0429.